The number of ether oxygens (including phenoxy) is 1. The topological polar surface area (TPSA) is 29.5 Å². The Morgan fingerprint density at radius 1 is 1.00 bits per heavy atom. The number of carbonyl (C=O) groups excluding carboxylic acids is 1. The monoisotopic (exact) mass is 377 g/mol. The number of benzene rings is 3. The molecule has 1 heterocycles. The summed E-state index contributed by atoms with van der Waals surface area (Å²) < 4.78 is 5.97. The van der Waals surface area contributed by atoms with Crippen molar-refractivity contribution in [1.82, 2.24) is 0 Å². The number of carbonyl (C=O) groups is 1. The van der Waals surface area contributed by atoms with Crippen molar-refractivity contribution < 1.29 is 9.53 Å². The fourth-order valence-corrected chi connectivity index (χ4v) is 3.59. The Labute approximate surface area is 164 Å². The van der Waals surface area contributed by atoms with Gasteiger partial charge in [-0.25, -0.2) is 0 Å². The standard InChI is InChI=1S/C23H20ClNO2/c24-19-12-13-22(27-16-17-7-2-1-3-8-17)20(15-19)23(26)25-14-6-10-18-9-4-5-11-21(18)25/h1-5,7-9,11-13,15H,6,10,14,16H2. The second-order valence-corrected chi connectivity index (χ2v) is 7.04. The van der Waals surface area contributed by atoms with E-state index in [1.165, 1.54) is 5.56 Å². The van der Waals surface area contributed by atoms with Gasteiger partial charge in [-0.1, -0.05) is 60.1 Å². The third-order valence-electron chi connectivity index (χ3n) is 4.76. The van der Waals surface area contributed by atoms with Crippen molar-refractivity contribution in [3.05, 3.63) is 94.5 Å². The van der Waals surface area contributed by atoms with Gasteiger partial charge in [0.15, 0.2) is 0 Å². The molecule has 136 valence electrons. The van der Waals surface area contributed by atoms with Crippen LogP contribution in [0.15, 0.2) is 72.8 Å². The zero-order valence-corrected chi connectivity index (χ0v) is 15.7. The molecule has 0 aliphatic carbocycles. The average molecular weight is 378 g/mol. The molecule has 0 saturated carbocycles. The number of anilines is 1. The number of nitrogens with zero attached hydrogens (tertiary/aromatic N) is 1. The molecule has 0 N–H and O–H groups in total. The third kappa shape index (κ3) is 3.83. The lowest BCUT2D eigenvalue weighted by Gasteiger charge is -2.30. The molecule has 0 unspecified atom stereocenters. The average Bonchev–Trinajstić information content (AvgIpc) is 2.72. The molecule has 1 aliphatic rings. The van der Waals surface area contributed by atoms with Crippen LogP contribution >= 0.6 is 11.6 Å². The quantitative estimate of drug-likeness (QED) is 0.599. The van der Waals surface area contributed by atoms with E-state index >= 15 is 0 Å². The van der Waals surface area contributed by atoms with Crippen LogP contribution in [-0.4, -0.2) is 12.5 Å². The summed E-state index contributed by atoms with van der Waals surface area (Å²) in [5, 5.41) is 0.524. The van der Waals surface area contributed by atoms with Gasteiger partial charge >= 0.3 is 0 Å². The Morgan fingerprint density at radius 2 is 1.78 bits per heavy atom. The van der Waals surface area contributed by atoms with Gasteiger partial charge in [0.1, 0.15) is 12.4 Å². The van der Waals surface area contributed by atoms with Crippen LogP contribution < -0.4 is 9.64 Å². The van der Waals surface area contributed by atoms with Crippen LogP contribution in [0.5, 0.6) is 5.75 Å². The van der Waals surface area contributed by atoms with Gasteiger partial charge in [-0.15, -0.1) is 0 Å². The van der Waals surface area contributed by atoms with Crippen molar-refractivity contribution in [2.75, 3.05) is 11.4 Å². The van der Waals surface area contributed by atoms with E-state index in [-0.39, 0.29) is 5.91 Å². The fraction of sp³-hybridized carbons (Fsp3) is 0.174. The molecule has 0 atom stereocenters. The van der Waals surface area contributed by atoms with Crippen LogP contribution in [-0.2, 0) is 13.0 Å². The summed E-state index contributed by atoms with van der Waals surface area (Å²) in [6, 6.07) is 23.2. The van der Waals surface area contributed by atoms with Gasteiger partial charge in [0, 0.05) is 17.3 Å². The normalized spacial score (nSPS) is 13.1. The minimum Gasteiger partial charge on any atom is -0.488 e. The predicted molar refractivity (Wildman–Crippen MR) is 109 cm³/mol. The minimum atomic E-state index is -0.0762. The van der Waals surface area contributed by atoms with Crippen LogP contribution in [0.4, 0.5) is 5.69 Å². The highest BCUT2D eigenvalue weighted by atomic mass is 35.5. The minimum absolute atomic E-state index is 0.0762. The fourth-order valence-electron chi connectivity index (χ4n) is 3.42. The maximum atomic E-state index is 13.3. The summed E-state index contributed by atoms with van der Waals surface area (Å²) in [7, 11) is 0. The number of halogens is 1. The molecule has 0 bridgehead atoms. The number of fused-ring (bicyclic) bond motifs is 1. The summed E-state index contributed by atoms with van der Waals surface area (Å²) in [6.45, 7) is 1.10. The number of aryl methyl sites for hydroxylation is 1. The van der Waals surface area contributed by atoms with Gasteiger partial charge in [-0.3, -0.25) is 4.79 Å². The molecule has 1 amide bonds. The highest BCUT2D eigenvalue weighted by Gasteiger charge is 2.25. The third-order valence-corrected chi connectivity index (χ3v) is 5.00. The Hall–Kier alpha value is -2.78. The van der Waals surface area contributed by atoms with Gasteiger partial charge in [0.2, 0.25) is 0 Å². The summed E-state index contributed by atoms with van der Waals surface area (Å²) in [5.74, 6) is 0.476. The van der Waals surface area contributed by atoms with Crippen molar-refractivity contribution in [2.24, 2.45) is 0 Å². The van der Waals surface area contributed by atoms with Crippen LogP contribution in [0, 0.1) is 0 Å². The number of rotatable bonds is 4. The van der Waals surface area contributed by atoms with E-state index in [0.29, 0.717) is 29.5 Å². The Morgan fingerprint density at radius 3 is 2.63 bits per heavy atom. The van der Waals surface area contributed by atoms with Crippen molar-refractivity contribution in [3.8, 4) is 5.75 Å². The van der Waals surface area contributed by atoms with Crippen molar-refractivity contribution in [3.63, 3.8) is 0 Å². The second kappa shape index (κ2) is 7.85. The summed E-state index contributed by atoms with van der Waals surface area (Å²) >= 11 is 6.19. The first-order valence-corrected chi connectivity index (χ1v) is 9.46. The molecule has 0 fully saturated rings. The van der Waals surface area contributed by atoms with Crippen LogP contribution in [0.2, 0.25) is 5.02 Å². The number of hydrogen-bond donors (Lipinski definition) is 0. The van der Waals surface area contributed by atoms with E-state index in [0.717, 1.165) is 24.1 Å². The van der Waals surface area contributed by atoms with Gasteiger partial charge in [0.25, 0.3) is 5.91 Å². The first-order valence-electron chi connectivity index (χ1n) is 9.08. The summed E-state index contributed by atoms with van der Waals surface area (Å²) in [6.07, 6.45) is 1.94. The van der Waals surface area contributed by atoms with Crippen LogP contribution in [0.25, 0.3) is 0 Å². The first-order chi connectivity index (χ1) is 13.2. The van der Waals surface area contributed by atoms with Crippen molar-refractivity contribution in [2.45, 2.75) is 19.4 Å². The molecule has 0 saturated heterocycles. The van der Waals surface area contributed by atoms with E-state index in [2.05, 4.69) is 6.07 Å². The first kappa shape index (κ1) is 17.6. The zero-order chi connectivity index (χ0) is 18.6. The van der Waals surface area contributed by atoms with E-state index in [1.807, 2.05) is 53.4 Å². The lowest BCUT2D eigenvalue weighted by Crippen LogP contribution is -2.35. The van der Waals surface area contributed by atoms with E-state index < -0.39 is 0 Å². The predicted octanol–water partition coefficient (Wildman–Crippen LogP) is 5.51. The Bertz CT molecular complexity index is 956. The van der Waals surface area contributed by atoms with Gasteiger partial charge in [0.05, 0.1) is 5.56 Å². The van der Waals surface area contributed by atoms with Crippen LogP contribution in [0.1, 0.15) is 27.9 Å². The molecule has 0 aromatic heterocycles. The highest BCUT2D eigenvalue weighted by Crippen LogP contribution is 2.31. The van der Waals surface area contributed by atoms with E-state index in [4.69, 9.17) is 16.3 Å². The second-order valence-electron chi connectivity index (χ2n) is 6.60. The molecule has 4 rings (SSSR count). The molecule has 4 heteroatoms. The SMILES string of the molecule is O=C(c1cc(Cl)ccc1OCc1ccccc1)N1CCCc2ccccc21. The summed E-state index contributed by atoms with van der Waals surface area (Å²) in [4.78, 5) is 15.2. The Balaban J connectivity index is 1.63. The zero-order valence-electron chi connectivity index (χ0n) is 14.9. The van der Waals surface area contributed by atoms with Gasteiger partial charge in [-0.2, -0.15) is 0 Å². The maximum absolute atomic E-state index is 13.3. The van der Waals surface area contributed by atoms with E-state index in [1.54, 1.807) is 18.2 Å². The van der Waals surface area contributed by atoms with Crippen LogP contribution in [0.3, 0.4) is 0 Å². The highest BCUT2D eigenvalue weighted by molar-refractivity contribution is 6.31. The van der Waals surface area contributed by atoms with Crippen molar-refractivity contribution in [1.29, 1.82) is 0 Å². The molecule has 0 radical (unpaired) electrons. The largest absolute Gasteiger partial charge is 0.488 e. The molecular weight excluding hydrogens is 358 g/mol. The molecule has 3 aromatic carbocycles. The number of hydrogen-bond acceptors (Lipinski definition) is 2. The molecular formula is C23H20ClNO2. The molecule has 27 heavy (non-hydrogen) atoms. The van der Waals surface area contributed by atoms with Crippen molar-refractivity contribution >= 4 is 23.2 Å². The lowest BCUT2D eigenvalue weighted by molar-refractivity contribution is 0.0980. The Kier molecular flexibility index (Phi) is 5.12. The van der Waals surface area contributed by atoms with E-state index in [9.17, 15) is 4.79 Å². The number of para-hydroxylation sites is 1. The van der Waals surface area contributed by atoms with Gasteiger partial charge < -0.3 is 9.64 Å². The maximum Gasteiger partial charge on any atom is 0.262 e. The molecule has 3 nitrogen and oxygen atoms in total. The number of amides is 1. The summed E-state index contributed by atoms with van der Waals surface area (Å²) in [5.41, 5.74) is 3.72. The smallest absolute Gasteiger partial charge is 0.262 e. The molecule has 1 aliphatic heterocycles. The molecule has 0 spiro atoms. The lowest BCUT2D eigenvalue weighted by atomic mass is 10.0. The molecule has 3 aromatic rings. The van der Waals surface area contributed by atoms with Gasteiger partial charge in [-0.05, 0) is 48.2 Å².